The number of carbonyl (C=O) groups is 2. The third kappa shape index (κ3) is 5.02. The van der Waals surface area contributed by atoms with Gasteiger partial charge in [-0.2, -0.15) is 0 Å². The molecular weight excluding hydrogens is 406 g/mol. The summed E-state index contributed by atoms with van der Waals surface area (Å²) in [6, 6.07) is 11.1. The molecule has 4 rings (SSSR count). The van der Waals surface area contributed by atoms with E-state index >= 15 is 0 Å². The average molecular weight is 438 g/mol. The Balaban J connectivity index is 1.23. The summed E-state index contributed by atoms with van der Waals surface area (Å²) in [6.07, 6.45) is 4.42. The van der Waals surface area contributed by atoms with Crippen molar-refractivity contribution in [1.29, 1.82) is 0 Å². The lowest BCUT2D eigenvalue weighted by Gasteiger charge is -2.39. The number of nitrogens with zero attached hydrogens (tertiary/aromatic N) is 4. The van der Waals surface area contributed by atoms with Gasteiger partial charge in [-0.25, -0.2) is 4.79 Å². The first-order chi connectivity index (χ1) is 15.4. The van der Waals surface area contributed by atoms with E-state index in [-0.39, 0.29) is 24.1 Å². The Hall–Kier alpha value is -3.13. The molecule has 32 heavy (non-hydrogen) atoms. The summed E-state index contributed by atoms with van der Waals surface area (Å²) >= 11 is 0. The molecule has 170 valence electrons. The van der Waals surface area contributed by atoms with Crippen LogP contribution in [0.2, 0.25) is 0 Å². The predicted octanol–water partition coefficient (Wildman–Crippen LogP) is 2.64. The van der Waals surface area contributed by atoms with Crippen molar-refractivity contribution in [3.05, 3.63) is 54.4 Å². The van der Waals surface area contributed by atoms with Crippen molar-refractivity contribution in [2.45, 2.75) is 31.4 Å². The van der Waals surface area contributed by atoms with E-state index in [9.17, 15) is 9.59 Å². The number of amides is 3. The van der Waals surface area contributed by atoms with Crippen molar-refractivity contribution in [1.82, 2.24) is 19.7 Å². The number of anilines is 1. The minimum Gasteiger partial charge on any atom is -0.489 e. The van der Waals surface area contributed by atoms with E-state index in [0.717, 1.165) is 17.9 Å². The van der Waals surface area contributed by atoms with Crippen LogP contribution in [0.5, 0.6) is 5.75 Å². The first-order valence-electron chi connectivity index (χ1n) is 11.1. The highest BCUT2D eigenvalue weighted by Crippen LogP contribution is 2.27. The van der Waals surface area contributed by atoms with E-state index in [1.165, 1.54) is 5.56 Å². The Kier molecular flexibility index (Phi) is 6.60. The van der Waals surface area contributed by atoms with Gasteiger partial charge in [0.15, 0.2) is 0 Å². The van der Waals surface area contributed by atoms with Gasteiger partial charge in [-0.3, -0.25) is 14.7 Å². The number of hydrogen-bond acceptors (Lipinski definition) is 5. The van der Waals surface area contributed by atoms with E-state index in [4.69, 9.17) is 4.74 Å². The molecule has 2 atom stereocenters. The highest BCUT2D eigenvalue weighted by molar-refractivity contribution is 5.90. The van der Waals surface area contributed by atoms with Crippen LogP contribution in [0.1, 0.15) is 24.8 Å². The van der Waals surface area contributed by atoms with Gasteiger partial charge in [-0.15, -0.1) is 0 Å². The van der Waals surface area contributed by atoms with Crippen molar-refractivity contribution < 1.29 is 14.3 Å². The molecule has 8 heteroatoms. The van der Waals surface area contributed by atoms with E-state index in [1.54, 1.807) is 11.1 Å². The summed E-state index contributed by atoms with van der Waals surface area (Å²) in [7, 11) is 3.82. The van der Waals surface area contributed by atoms with Crippen molar-refractivity contribution in [2.75, 3.05) is 45.6 Å². The largest absolute Gasteiger partial charge is 0.489 e. The van der Waals surface area contributed by atoms with Crippen LogP contribution in [0.15, 0.2) is 48.8 Å². The number of rotatable bonds is 6. The zero-order chi connectivity index (χ0) is 22.7. The molecule has 0 bridgehead atoms. The average Bonchev–Trinajstić information content (AvgIpc) is 3.22. The van der Waals surface area contributed by atoms with E-state index < -0.39 is 0 Å². The Morgan fingerprint density at radius 3 is 2.53 bits per heavy atom. The van der Waals surface area contributed by atoms with Crippen LogP contribution in [0.25, 0.3) is 0 Å². The van der Waals surface area contributed by atoms with Crippen LogP contribution in [0, 0.1) is 0 Å². The number of carbonyl (C=O) groups excluding carboxylic acids is 2. The summed E-state index contributed by atoms with van der Waals surface area (Å²) in [5.41, 5.74) is 1.90. The molecule has 0 saturated carbocycles. The molecule has 0 aliphatic carbocycles. The molecule has 2 aliphatic rings. The Labute approximate surface area is 189 Å². The van der Waals surface area contributed by atoms with E-state index in [1.807, 2.05) is 73.4 Å². The molecular formula is C24H31N5O3. The Bertz CT molecular complexity index is 928. The molecule has 1 aromatic heterocycles. The SMILES string of the molecule is CC(C(=O)N1CC[C@@H](Oc2ccc(NC(=O)N3CC(c4cccnc4)C3)cc2)C1)N(C)C. The Morgan fingerprint density at radius 1 is 1.12 bits per heavy atom. The minimum atomic E-state index is -0.136. The molecule has 8 nitrogen and oxygen atoms in total. The quantitative estimate of drug-likeness (QED) is 0.752. The van der Waals surface area contributed by atoms with Crippen LogP contribution in [0.3, 0.4) is 0 Å². The number of ether oxygens (including phenoxy) is 1. The number of nitrogens with one attached hydrogen (secondary N) is 1. The third-order valence-electron chi connectivity index (χ3n) is 6.32. The monoisotopic (exact) mass is 437 g/mol. The van der Waals surface area contributed by atoms with Gasteiger partial charge in [0, 0.05) is 50.1 Å². The lowest BCUT2D eigenvalue weighted by Crippen LogP contribution is -2.50. The zero-order valence-electron chi connectivity index (χ0n) is 18.9. The molecule has 2 aromatic rings. The fraction of sp³-hybridized carbons (Fsp3) is 0.458. The normalized spacial score (nSPS) is 19.6. The molecule has 1 unspecified atom stereocenters. The standard InChI is InChI=1S/C24H31N5O3/c1-17(27(2)3)23(30)28-12-10-22(16-28)32-21-8-6-20(7-9-21)26-24(31)29-14-19(15-29)18-5-4-11-25-13-18/h4-9,11,13,17,19,22H,10,12,14-16H2,1-3H3,(H,26,31)/t17?,22-/m1/s1. The number of pyridine rings is 1. The van der Waals surface area contributed by atoms with Gasteiger partial charge >= 0.3 is 6.03 Å². The third-order valence-corrected chi connectivity index (χ3v) is 6.32. The highest BCUT2D eigenvalue weighted by Gasteiger charge is 2.32. The summed E-state index contributed by atoms with van der Waals surface area (Å²) in [6.45, 7) is 4.63. The fourth-order valence-electron chi connectivity index (χ4n) is 3.99. The highest BCUT2D eigenvalue weighted by atomic mass is 16.5. The van der Waals surface area contributed by atoms with Crippen LogP contribution in [0.4, 0.5) is 10.5 Å². The fourth-order valence-corrected chi connectivity index (χ4v) is 3.99. The number of urea groups is 1. The van der Waals surface area contributed by atoms with E-state index in [2.05, 4.69) is 10.3 Å². The van der Waals surface area contributed by atoms with Crippen molar-refractivity contribution in [2.24, 2.45) is 0 Å². The molecule has 3 amide bonds. The van der Waals surface area contributed by atoms with Gasteiger partial charge in [-0.05, 0) is 56.9 Å². The minimum absolute atomic E-state index is 0.0146. The molecule has 2 saturated heterocycles. The topological polar surface area (TPSA) is 78.0 Å². The van der Waals surface area contributed by atoms with Gasteiger partial charge in [0.2, 0.25) is 5.91 Å². The van der Waals surface area contributed by atoms with Gasteiger partial charge in [0.25, 0.3) is 0 Å². The van der Waals surface area contributed by atoms with Crippen molar-refractivity contribution >= 4 is 17.6 Å². The maximum absolute atomic E-state index is 12.5. The van der Waals surface area contributed by atoms with Crippen LogP contribution >= 0.6 is 0 Å². The van der Waals surface area contributed by atoms with Gasteiger partial charge in [0.05, 0.1) is 12.6 Å². The number of aromatic nitrogens is 1. The number of likely N-dealkylation sites (tertiary alicyclic amines) is 2. The molecule has 0 radical (unpaired) electrons. The number of hydrogen-bond donors (Lipinski definition) is 1. The maximum atomic E-state index is 12.5. The summed E-state index contributed by atoms with van der Waals surface area (Å²) < 4.78 is 6.06. The molecule has 3 heterocycles. The summed E-state index contributed by atoms with van der Waals surface area (Å²) in [4.78, 5) is 34.7. The second kappa shape index (κ2) is 9.56. The molecule has 2 fully saturated rings. The van der Waals surface area contributed by atoms with Gasteiger partial charge in [0.1, 0.15) is 11.9 Å². The summed E-state index contributed by atoms with van der Waals surface area (Å²) in [5, 5.41) is 2.94. The van der Waals surface area contributed by atoms with Crippen molar-refractivity contribution in [3.63, 3.8) is 0 Å². The first kappa shape index (κ1) is 22.1. The molecule has 1 aromatic carbocycles. The molecule has 2 aliphatic heterocycles. The van der Waals surface area contributed by atoms with Crippen LogP contribution in [-0.4, -0.2) is 84.0 Å². The zero-order valence-corrected chi connectivity index (χ0v) is 18.9. The van der Waals surface area contributed by atoms with Crippen LogP contribution in [-0.2, 0) is 4.79 Å². The predicted molar refractivity (Wildman–Crippen MR) is 123 cm³/mol. The maximum Gasteiger partial charge on any atom is 0.321 e. The smallest absolute Gasteiger partial charge is 0.321 e. The number of benzene rings is 1. The lowest BCUT2D eigenvalue weighted by molar-refractivity contribution is -0.134. The van der Waals surface area contributed by atoms with Crippen molar-refractivity contribution in [3.8, 4) is 5.75 Å². The second-order valence-corrected chi connectivity index (χ2v) is 8.80. The first-order valence-corrected chi connectivity index (χ1v) is 11.1. The number of likely N-dealkylation sites (N-methyl/N-ethyl adjacent to an activating group) is 1. The molecule has 0 spiro atoms. The molecule has 1 N–H and O–H groups in total. The van der Waals surface area contributed by atoms with Crippen LogP contribution < -0.4 is 10.1 Å². The van der Waals surface area contributed by atoms with Gasteiger partial charge < -0.3 is 19.9 Å². The second-order valence-electron chi connectivity index (χ2n) is 8.80. The summed E-state index contributed by atoms with van der Waals surface area (Å²) in [5.74, 6) is 1.23. The Morgan fingerprint density at radius 2 is 1.88 bits per heavy atom. The van der Waals surface area contributed by atoms with Gasteiger partial charge in [-0.1, -0.05) is 6.07 Å². The lowest BCUT2D eigenvalue weighted by atomic mass is 9.93. The van der Waals surface area contributed by atoms with E-state index in [0.29, 0.717) is 32.1 Å².